The smallest absolute Gasteiger partial charge is 0.273 e. The maximum absolute atomic E-state index is 12.4. The van der Waals surface area contributed by atoms with Crippen LogP contribution in [-0.4, -0.2) is 28.8 Å². The summed E-state index contributed by atoms with van der Waals surface area (Å²) in [6.07, 6.45) is 4.65. The fraction of sp³-hybridized carbons (Fsp3) is 0.562. The Morgan fingerprint density at radius 2 is 2.00 bits per heavy atom. The van der Waals surface area contributed by atoms with Gasteiger partial charge in [0.1, 0.15) is 0 Å². The van der Waals surface area contributed by atoms with Crippen molar-refractivity contribution in [2.24, 2.45) is 5.92 Å². The van der Waals surface area contributed by atoms with Crippen LogP contribution in [0.1, 0.15) is 38.2 Å². The Hall–Kier alpha value is -1.91. The molecule has 1 amide bonds. The van der Waals surface area contributed by atoms with Crippen molar-refractivity contribution < 1.29 is 9.72 Å². The van der Waals surface area contributed by atoms with Gasteiger partial charge in [-0.1, -0.05) is 38.0 Å². The summed E-state index contributed by atoms with van der Waals surface area (Å²) in [7, 11) is 1.82. The summed E-state index contributed by atoms with van der Waals surface area (Å²) in [5.74, 6) is 0.460. The number of nitro benzene ring substituents is 1. The van der Waals surface area contributed by atoms with Gasteiger partial charge in [0, 0.05) is 24.7 Å². The van der Waals surface area contributed by atoms with Gasteiger partial charge in [-0.3, -0.25) is 14.9 Å². The summed E-state index contributed by atoms with van der Waals surface area (Å²) in [5, 5.41) is 11.0. The fourth-order valence-electron chi connectivity index (χ4n) is 3.18. The zero-order valence-electron chi connectivity index (χ0n) is 12.6. The van der Waals surface area contributed by atoms with Crippen molar-refractivity contribution in [3.8, 4) is 0 Å². The van der Waals surface area contributed by atoms with Crippen LogP contribution in [0.4, 0.5) is 5.69 Å². The third kappa shape index (κ3) is 3.60. The van der Waals surface area contributed by atoms with Crippen LogP contribution < -0.4 is 0 Å². The summed E-state index contributed by atoms with van der Waals surface area (Å²) in [5.41, 5.74) is 0.513. The Morgan fingerprint density at radius 3 is 2.67 bits per heavy atom. The van der Waals surface area contributed by atoms with E-state index in [1.165, 1.54) is 12.5 Å². The molecule has 0 aliphatic heterocycles. The highest BCUT2D eigenvalue weighted by Crippen LogP contribution is 2.28. The third-order valence-corrected chi connectivity index (χ3v) is 4.49. The molecule has 1 aromatic rings. The summed E-state index contributed by atoms with van der Waals surface area (Å²) in [6.45, 7) is 2.18. The lowest BCUT2D eigenvalue weighted by Gasteiger charge is -2.36. The van der Waals surface area contributed by atoms with Gasteiger partial charge in [0.05, 0.1) is 11.3 Å². The highest BCUT2D eigenvalue weighted by atomic mass is 16.6. The van der Waals surface area contributed by atoms with Gasteiger partial charge in [0.15, 0.2) is 0 Å². The maximum Gasteiger partial charge on any atom is 0.273 e. The predicted octanol–water partition coefficient (Wildman–Crippen LogP) is 3.17. The van der Waals surface area contributed by atoms with E-state index in [9.17, 15) is 14.9 Å². The Kier molecular flexibility index (Phi) is 4.94. The molecule has 0 saturated heterocycles. The molecule has 0 N–H and O–H groups in total. The molecule has 5 heteroatoms. The van der Waals surface area contributed by atoms with Gasteiger partial charge >= 0.3 is 0 Å². The zero-order chi connectivity index (χ0) is 15.4. The second-order valence-electron chi connectivity index (χ2n) is 5.90. The average molecular weight is 290 g/mol. The first-order valence-electron chi connectivity index (χ1n) is 7.48. The molecular formula is C16H22N2O3. The summed E-state index contributed by atoms with van der Waals surface area (Å²) >= 11 is 0. The van der Waals surface area contributed by atoms with Gasteiger partial charge in [-0.15, -0.1) is 0 Å². The van der Waals surface area contributed by atoms with Crippen molar-refractivity contribution in [3.63, 3.8) is 0 Å². The van der Waals surface area contributed by atoms with Gasteiger partial charge < -0.3 is 4.90 Å². The van der Waals surface area contributed by atoms with Crippen LogP contribution in [0.5, 0.6) is 0 Å². The van der Waals surface area contributed by atoms with E-state index in [4.69, 9.17) is 0 Å². The molecule has 1 aromatic carbocycles. The molecule has 2 atom stereocenters. The lowest BCUT2D eigenvalue weighted by Crippen LogP contribution is -2.43. The highest BCUT2D eigenvalue weighted by Gasteiger charge is 2.28. The number of carbonyl (C=O) groups is 1. The lowest BCUT2D eigenvalue weighted by molar-refractivity contribution is -0.385. The fourth-order valence-corrected chi connectivity index (χ4v) is 3.18. The average Bonchev–Trinajstić information content (AvgIpc) is 2.47. The van der Waals surface area contributed by atoms with Crippen molar-refractivity contribution in [1.82, 2.24) is 4.90 Å². The van der Waals surface area contributed by atoms with E-state index in [0.717, 1.165) is 19.3 Å². The van der Waals surface area contributed by atoms with Crippen LogP contribution in [0.15, 0.2) is 24.3 Å². The molecular weight excluding hydrogens is 268 g/mol. The Bertz CT molecular complexity index is 530. The minimum atomic E-state index is -0.425. The first-order chi connectivity index (χ1) is 10.0. The Labute approximate surface area is 125 Å². The Morgan fingerprint density at radius 1 is 1.33 bits per heavy atom. The lowest BCUT2D eigenvalue weighted by atomic mass is 9.85. The molecule has 114 valence electrons. The van der Waals surface area contributed by atoms with E-state index in [0.29, 0.717) is 11.5 Å². The number of hydrogen-bond donors (Lipinski definition) is 0. The number of benzene rings is 1. The van der Waals surface area contributed by atoms with Crippen molar-refractivity contribution in [2.45, 2.75) is 45.1 Å². The molecule has 1 fully saturated rings. The van der Waals surface area contributed by atoms with Crippen LogP contribution in [0.25, 0.3) is 0 Å². The number of likely N-dealkylation sites (N-methyl/N-ethyl adjacent to an activating group) is 1. The van der Waals surface area contributed by atoms with E-state index in [1.54, 1.807) is 23.1 Å². The van der Waals surface area contributed by atoms with Crippen LogP contribution in [0, 0.1) is 16.0 Å². The van der Waals surface area contributed by atoms with Gasteiger partial charge in [-0.25, -0.2) is 0 Å². The molecule has 0 bridgehead atoms. The first kappa shape index (κ1) is 15.5. The molecule has 5 nitrogen and oxygen atoms in total. The minimum absolute atomic E-state index is 0.0240. The molecule has 2 rings (SSSR count). The highest BCUT2D eigenvalue weighted by molar-refractivity contribution is 5.80. The van der Waals surface area contributed by atoms with E-state index >= 15 is 0 Å². The molecule has 0 heterocycles. The van der Waals surface area contributed by atoms with Gasteiger partial charge in [0.25, 0.3) is 5.69 Å². The van der Waals surface area contributed by atoms with E-state index in [-0.39, 0.29) is 24.1 Å². The third-order valence-electron chi connectivity index (χ3n) is 4.49. The van der Waals surface area contributed by atoms with E-state index in [1.807, 2.05) is 7.05 Å². The monoisotopic (exact) mass is 290 g/mol. The van der Waals surface area contributed by atoms with Crippen molar-refractivity contribution in [1.29, 1.82) is 0 Å². The number of para-hydroxylation sites is 1. The summed E-state index contributed by atoms with van der Waals surface area (Å²) in [4.78, 5) is 24.8. The number of nitro groups is 1. The first-order valence-corrected chi connectivity index (χ1v) is 7.48. The number of carbonyl (C=O) groups excluding carboxylic acids is 1. The molecule has 1 aliphatic rings. The normalized spacial score (nSPS) is 21.8. The van der Waals surface area contributed by atoms with Crippen molar-refractivity contribution in [2.75, 3.05) is 7.05 Å². The molecule has 2 unspecified atom stereocenters. The second kappa shape index (κ2) is 6.70. The molecule has 0 radical (unpaired) electrons. The maximum atomic E-state index is 12.4. The van der Waals surface area contributed by atoms with Crippen LogP contribution in [0.3, 0.4) is 0 Å². The molecule has 21 heavy (non-hydrogen) atoms. The Balaban J connectivity index is 2.09. The minimum Gasteiger partial charge on any atom is -0.342 e. The van der Waals surface area contributed by atoms with E-state index < -0.39 is 4.92 Å². The van der Waals surface area contributed by atoms with Crippen LogP contribution >= 0.6 is 0 Å². The second-order valence-corrected chi connectivity index (χ2v) is 5.90. The number of rotatable bonds is 4. The number of nitrogens with zero attached hydrogens (tertiary/aromatic N) is 2. The zero-order valence-corrected chi connectivity index (χ0v) is 12.6. The molecule has 1 saturated carbocycles. The SMILES string of the molecule is CC1CCCCC1N(C)C(=O)Cc1ccccc1[N+](=O)[O-]. The predicted molar refractivity (Wildman–Crippen MR) is 81.0 cm³/mol. The molecule has 0 aromatic heterocycles. The molecule has 1 aliphatic carbocycles. The summed E-state index contributed by atoms with van der Waals surface area (Å²) < 4.78 is 0. The topological polar surface area (TPSA) is 63.5 Å². The summed E-state index contributed by atoms with van der Waals surface area (Å²) in [6, 6.07) is 6.73. The van der Waals surface area contributed by atoms with Gasteiger partial charge in [-0.05, 0) is 18.8 Å². The molecule has 0 spiro atoms. The largest absolute Gasteiger partial charge is 0.342 e. The number of amides is 1. The van der Waals surface area contributed by atoms with E-state index in [2.05, 4.69) is 6.92 Å². The van der Waals surface area contributed by atoms with Crippen LogP contribution in [0.2, 0.25) is 0 Å². The van der Waals surface area contributed by atoms with Gasteiger partial charge in [0.2, 0.25) is 5.91 Å². The number of hydrogen-bond acceptors (Lipinski definition) is 3. The standard InChI is InChI=1S/C16H22N2O3/c1-12-7-3-5-9-14(12)17(2)16(19)11-13-8-4-6-10-15(13)18(20)21/h4,6,8,10,12,14H,3,5,7,9,11H2,1-2H3. The van der Waals surface area contributed by atoms with Gasteiger partial charge in [-0.2, -0.15) is 0 Å². The van der Waals surface area contributed by atoms with Crippen molar-refractivity contribution in [3.05, 3.63) is 39.9 Å². The van der Waals surface area contributed by atoms with Crippen molar-refractivity contribution >= 4 is 11.6 Å². The van der Waals surface area contributed by atoms with Crippen LogP contribution in [-0.2, 0) is 11.2 Å². The quantitative estimate of drug-likeness (QED) is 0.632.